The van der Waals surface area contributed by atoms with Crippen molar-refractivity contribution in [2.45, 2.75) is 19.5 Å². The van der Waals surface area contributed by atoms with Gasteiger partial charge in [0.25, 0.3) is 0 Å². The Bertz CT molecular complexity index is 829. The van der Waals surface area contributed by atoms with Crippen LogP contribution in [0.15, 0.2) is 47.6 Å². The number of alkyl halides is 3. The normalized spacial score (nSPS) is 13.3. The molecule has 0 amide bonds. The van der Waals surface area contributed by atoms with Crippen LogP contribution in [0.2, 0.25) is 0 Å². The number of fused-ring (bicyclic) bond motifs is 1. The second-order valence-corrected chi connectivity index (χ2v) is 6.51. The summed E-state index contributed by atoms with van der Waals surface area (Å²) in [5, 5.41) is 4.21. The number of rotatable bonds is 5. The predicted molar refractivity (Wildman–Crippen MR) is 81.7 cm³/mol. The fourth-order valence-electron chi connectivity index (χ4n) is 1.99. The summed E-state index contributed by atoms with van der Waals surface area (Å²) < 4.78 is 66.5. The van der Waals surface area contributed by atoms with E-state index in [1.54, 1.807) is 31.2 Å². The minimum Gasteiger partial charge on any atom is -0.268 e. The molecule has 23 heavy (non-hydrogen) atoms. The fraction of sp³-hybridized carbons (Fsp3) is 0.267. The SMILES string of the molecule is CCCS(=O)(=O)ON=C(c1ccc2ccccc2c1)C(F)(F)F. The van der Waals surface area contributed by atoms with Gasteiger partial charge in [-0.3, -0.25) is 4.28 Å². The average molecular weight is 345 g/mol. The van der Waals surface area contributed by atoms with Crippen molar-refractivity contribution in [3.63, 3.8) is 0 Å². The maximum Gasteiger partial charge on any atom is 0.437 e. The zero-order valence-electron chi connectivity index (χ0n) is 12.2. The van der Waals surface area contributed by atoms with E-state index >= 15 is 0 Å². The number of halogens is 3. The van der Waals surface area contributed by atoms with Crippen LogP contribution in [-0.2, 0) is 14.4 Å². The zero-order chi connectivity index (χ0) is 17.1. The highest BCUT2D eigenvalue weighted by Crippen LogP contribution is 2.25. The van der Waals surface area contributed by atoms with Crippen LogP contribution in [0.5, 0.6) is 0 Å². The molecule has 0 heterocycles. The molecule has 2 aromatic rings. The van der Waals surface area contributed by atoms with Crippen LogP contribution in [0.3, 0.4) is 0 Å². The summed E-state index contributed by atoms with van der Waals surface area (Å²) >= 11 is 0. The number of hydrogen-bond donors (Lipinski definition) is 0. The Kier molecular flexibility index (Phi) is 4.93. The third kappa shape index (κ3) is 4.44. The molecule has 0 radical (unpaired) electrons. The van der Waals surface area contributed by atoms with Crippen LogP contribution in [-0.4, -0.2) is 26.1 Å². The Balaban J connectivity index is 2.45. The van der Waals surface area contributed by atoms with Crippen molar-refractivity contribution in [1.82, 2.24) is 0 Å². The molecular formula is C15H14F3NO3S. The van der Waals surface area contributed by atoms with Crippen molar-refractivity contribution in [3.05, 3.63) is 48.0 Å². The summed E-state index contributed by atoms with van der Waals surface area (Å²) in [5.74, 6) is -0.403. The molecule has 4 nitrogen and oxygen atoms in total. The molecule has 0 aliphatic heterocycles. The van der Waals surface area contributed by atoms with Crippen LogP contribution < -0.4 is 0 Å². The Hall–Kier alpha value is -2.09. The summed E-state index contributed by atoms with van der Waals surface area (Å²) in [7, 11) is -4.12. The van der Waals surface area contributed by atoms with Gasteiger partial charge in [0.2, 0.25) is 0 Å². The van der Waals surface area contributed by atoms with E-state index in [0.29, 0.717) is 5.39 Å². The van der Waals surface area contributed by atoms with Crippen molar-refractivity contribution < 1.29 is 25.9 Å². The summed E-state index contributed by atoms with van der Waals surface area (Å²) in [4.78, 5) is 0. The van der Waals surface area contributed by atoms with E-state index < -0.39 is 27.8 Å². The van der Waals surface area contributed by atoms with Crippen molar-refractivity contribution in [2.24, 2.45) is 5.16 Å². The van der Waals surface area contributed by atoms with Crippen molar-refractivity contribution in [1.29, 1.82) is 0 Å². The van der Waals surface area contributed by atoms with Gasteiger partial charge in [0.05, 0.1) is 5.75 Å². The Labute approximate surface area is 131 Å². The van der Waals surface area contributed by atoms with Gasteiger partial charge in [0.15, 0.2) is 5.71 Å². The molecule has 8 heteroatoms. The highest BCUT2D eigenvalue weighted by molar-refractivity contribution is 7.86. The summed E-state index contributed by atoms with van der Waals surface area (Å²) in [6, 6.07) is 10.9. The monoisotopic (exact) mass is 345 g/mol. The van der Waals surface area contributed by atoms with Crippen LogP contribution in [0.1, 0.15) is 18.9 Å². The van der Waals surface area contributed by atoms with Crippen LogP contribution in [0.4, 0.5) is 13.2 Å². The molecule has 0 aliphatic rings. The van der Waals surface area contributed by atoms with Gasteiger partial charge < -0.3 is 0 Å². The molecule has 2 rings (SSSR count). The zero-order valence-corrected chi connectivity index (χ0v) is 13.0. The maximum absolute atomic E-state index is 13.2. The van der Waals surface area contributed by atoms with E-state index in [9.17, 15) is 21.6 Å². The maximum atomic E-state index is 13.2. The fourth-order valence-corrected chi connectivity index (χ4v) is 2.75. The second kappa shape index (κ2) is 6.57. The van der Waals surface area contributed by atoms with Gasteiger partial charge in [0, 0.05) is 5.56 Å². The van der Waals surface area contributed by atoms with Crippen LogP contribution >= 0.6 is 0 Å². The first-order valence-corrected chi connectivity index (χ1v) is 8.36. The molecule has 0 aliphatic carbocycles. The minimum atomic E-state index is -4.84. The molecule has 0 spiro atoms. The summed E-state index contributed by atoms with van der Waals surface area (Å²) in [6.07, 6.45) is -4.63. The average Bonchev–Trinajstić information content (AvgIpc) is 2.45. The van der Waals surface area contributed by atoms with Crippen molar-refractivity contribution >= 4 is 26.6 Å². The van der Waals surface area contributed by atoms with E-state index in [0.717, 1.165) is 5.39 Å². The predicted octanol–water partition coefficient (Wildman–Crippen LogP) is 3.86. The molecule has 0 bridgehead atoms. The lowest BCUT2D eigenvalue weighted by molar-refractivity contribution is -0.0596. The molecule has 0 N–H and O–H groups in total. The summed E-state index contributed by atoms with van der Waals surface area (Å²) in [5.41, 5.74) is -1.65. The van der Waals surface area contributed by atoms with Gasteiger partial charge in [-0.25, -0.2) is 0 Å². The molecule has 0 fully saturated rings. The van der Waals surface area contributed by atoms with Crippen LogP contribution in [0.25, 0.3) is 10.8 Å². The first kappa shape index (κ1) is 17.3. The lowest BCUT2D eigenvalue weighted by Crippen LogP contribution is -2.25. The van der Waals surface area contributed by atoms with E-state index in [1.807, 2.05) is 0 Å². The minimum absolute atomic E-state index is 0.217. The number of nitrogens with zero attached hydrogens (tertiary/aromatic N) is 1. The molecule has 0 aromatic heterocycles. The van der Waals surface area contributed by atoms with E-state index in [-0.39, 0.29) is 12.0 Å². The molecule has 0 saturated carbocycles. The third-order valence-electron chi connectivity index (χ3n) is 2.99. The molecule has 124 valence electrons. The lowest BCUT2D eigenvalue weighted by Gasteiger charge is -2.11. The number of oxime groups is 1. The van der Waals surface area contributed by atoms with Gasteiger partial charge in [-0.05, 0) is 23.3 Å². The lowest BCUT2D eigenvalue weighted by atomic mass is 10.0. The molecule has 2 aromatic carbocycles. The van der Waals surface area contributed by atoms with Crippen molar-refractivity contribution in [2.75, 3.05) is 5.75 Å². The van der Waals surface area contributed by atoms with Gasteiger partial charge in [-0.2, -0.15) is 21.6 Å². The Morgan fingerprint density at radius 3 is 2.39 bits per heavy atom. The van der Waals surface area contributed by atoms with Gasteiger partial charge in [-0.15, -0.1) is 0 Å². The number of benzene rings is 2. The summed E-state index contributed by atoms with van der Waals surface area (Å²) in [6.45, 7) is 1.57. The number of hydrogen-bond acceptors (Lipinski definition) is 4. The standard InChI is InChI=1S/C15H14F3NO3S/c1-2-9-23(20,21)22-19-14(15(16,17)18)13-8-7-11-5-3-4-6-12(11)10-13/h3-8,10H,2,9H2,1H3. The van der Waals surface area contributed by atoms with Gasteiger partial charge in [-0.1, -0.05) is 48.5 Å². The van der Waals surface area contributed by atoms with E-state index in [1.165, 1.54) is 18.2 Å². The first-order chi connectivity index (χ1) is 10.7. The van der Waals surface area contributed by atoms with E-state index in [2.05, 4.69) is 9.44 Å². The Morgan fingerprint density at radius 2 is 1.78 bits per heavy atom. The highest BCUT2D eigenvalue weighted by atomic mass is 32.2. The van der Waals surface area contributed by atoms with Gasteiger partial charge >= 0.3 is 16.3 Å². The van der Waals surface area contributed by atoms with Crippen LogP contribution in [0, 0.1) is 0 Å². The highest BCUT2D eigenvalue weighted by Gasteiger charge is 2.38. The van der Waals surface area contributed by atoms with Gasteiger partial charge in [0.1, 0.15) is 0 Å². The first-order valence-electron chi connectivity index (χ1n) is 6.78. The molecule has 0 unspecified atom stereocenters. The largest absolute Gasteiger partial charge is 0.437 e. The quantitative estimate of drug-likeness (QED) is 0.611. The Morgan fingerprint density at radius 1 is 1.13 bits per heavy atom. The molecular weight excluding hydrogens is 331 g/mol. The smallest absolute Gasteiger partial charge is 0.268 e. The van der Waals surface area contributed by atoms with Crippen molar-refractivity contribution in [3.8, 4) is 0 Å². The van der Waals surface area contributed by atoms with E-state index in [4.69, 9.17) is 0 Å². The molecule has 0 atom stereocenters. The third-order valence-corrected chi connectivity index (χ3v) is 4.20. The topological polar surface area (TPSA) is 55.7 Å². The molecule has 0 saturated heterocycles. The second-order valence-electron chi connectivity index (χ2n) is 4.84.